The predicted molar refractivity (Wildman–Crippen MR) is 152 cm³/mol. The third kappa shape index (κ3) is 5.00. The quantitative estimate of drug-likeness (QED) is 0.309. The van der Waals surface area contributed by atoms with Gasteiger partial charge >= 0.3 is 0 Å². The molecular formula is C30H31N5OS. The molecule has 1 amide bonds. The summed E-state index contributed by atoms with van der Waals surface area (Å²) in [4.78, 5) is 19.6. The smallest absolute Gasteiger partial charge is 0.226 e. The highest BCUT2D eigenvalue weighted by atomic mass is 32.1. The van der Waals surface area contributed by atoms with E-state index >= 15 is 0 Å². The highest BCUT2D eigenvalue weighted by molar-refractivity contribution is 7.80. The fraction of sp³-hybridized carbons (Fsp3) is 0.233. The molecule has 0 bridgehead atoms. The van der Waals surface area contributed by atoms with Crippen LogP contribution in [-0.2, 0) is 4.79 Å². The van der Waals surface area contributed by atoms with Crippen molar-refractivity contribution in [3.63, 3.8) is 0 Å². The molecule has 5 rings (SSSR count). The highest BCUT2D eigenvalue weighted by Gasteiger charge is 2.41. The van der Waals surface area contributed by atoms with Crippen LogP contribution < -0.4 is 10.6 Å². The number of hydrogen-bond donors (Lipinski definition) is 2. The van der Waals surface area contributed by atoms with Crippen LogP contribution in [-0.4, -0.2) is 32.0 Å². The maximum atomic E-state index is 12.8. The Balaban J connectivity index is 1.49. The molecule has 1 saturated heterocycles. The van der Waals surface area contributed by atoms with Crippen molar-refractivity contribution < 1.29 is 4.79 Å². The minimum Gasteiger partial charge on any atom is -0.352 e. The Morgan fingerprint density at radius 2 is 1.73 bits per heavy atom. The zero-order chi connectivity index (χ0) is 25.9. The fourth-order valence-electron chi connectivity index (χ4n) is 5.22. The van der Waals surface area contributed by atoms with Crippen LogP contribution in [0.1, 0.15) is 46.7 Å². The first-order valence-electron chi connectivity index (χ1n) is 12.5. The van der Waals surface area contributed by atoms with Gasteiger partial charge in [-0.25, -0.2) is 0 Å². The lowest BCUT2D eigenvalue weighted by atomic mass is 9.96. The second-order valence-electron chi connectivity index (χ2n) is 9.43. The first-order chi connectivity index (χ1) is 17.9. The Morgan fingerprint density at radius 1 is 1.00 bits per heavy atom. The summed E-state index contributed by atoms with van der Waals surface area (Å²) in [7, 11) is 0. The SMILES string of the molecule is Cc1ccccc1-n1c(C)cc([C@H]2[C@H](c3ccccn3)NC(=S)N2CCC(=O)Nc2ccccc2)c1C. The van der Waals surface area contributed by atoms with E-state index < -0.39 is 0 Å². The number of hydrogen-bond acceptors (Lipinski definition) is 3. The van der Waals surface area contributed by atoms with Crippen molar-refractivity contribution in [2.75, 3.05) is 11.9 Å². The van der Waals surface area contributed by atoms with Gasteiger partial charge in [0.2, 0.25) is 5.91 Å². The molecule has 3 heterocycles. The molecule has 1 aliphatic rings. The summed E-state index contributed by atoms with van der Waals surface area (Å²) in [6, 6.07) is 25.9. The molecule has 0 radical (unpaired) electrons. The van der Waals surface area contributed by atoms with Gasteiger partial charge in [0.15, 0.2) is 5.11 Å². The van der Waals surface area contributed by atoms with E-state index in [1.165, 1.54) is 16.8 Å². The number of benzene rings is 2. The second-order valence-corrected chi connectivity index (χ2v) is 9.82. The van der Waals surface area contributed by atoms with E-state index in [9.17, 15) is 4.79 Å². The molecule has 4 aromatic rings. The number of anilines is 1. The maximum Gasteiger partial charge on any atom is 0.226 e. The Kier molecular flexibility index (Phi) is 7.06. The minimum atomic E-state index is -0.128. The van der Waals surface area contributed by atoms with Gasteiger partial charge in [-0.3, -0.25) is 9.78 Å². The van der Waals surface area contributed by atoms with Crippen molar-refractivity contribution in [1.82, 2.24) is 19.8 Å². The standard InChI is InChI=1S/C30H31N5OS/c1-20-11-7-8-15-26(20)35-21(2)19-24(22(35)3)29-28(25-14-9-10-17-31-25)33-30(37)34(29)18-16-27(36)32-23-12-5-4-6-13-23/h4-15,17,19,28-29H,16,18H2,1-3H3,(H,32,36)(H,33,37)/t28-,29-/m0/s1. The number of thiocarbonyl (C=S) groups is 1. The van der Waals surface area contributed by atoms with Gasteiger partial charge in [-0.05, 0) is 80.5 Å². The van der Waals surface area contributed by atoms with Gasteiger partial charge in [0.25, 0.3) is 0 Å². The zero-order valence-corrected chi connectivity index (χ0v) is 22.1. The van der Waals surface area contributed by atoms with Crippen LogP contribution in [0.2, 0.25) is 0 Å². The normalized spacial score (nSPS) is 17.1. The molecule has 2 N–H and O–H groups in total. The third-order valence-corrected chi connectivity index (χ3v) is 7.33. The zero-order valence-electron chi connectivity index (χ0n) is 21.3. The second kappa shape index (κ2) is 10.6. The fourth-order valence-corrected chi connectivity index (χ4v) is 5.56. The molecule has 1 aliphatic heterocycles. The molecule has 1 fully saturated rings. The molecule has 0 saturated carbocycles. The average molecular weight is 510 g/mol. The summed E-state index contributed by atoms with van der Waals surface area (Å²) in [6.45, 7) is 6.92. The van der Waals surface area contributed by atoms with E-state index in [2.05, 4.69) is 76.2 Å². The number of rotatable bonds is 7. The Labute approximate surface area is 223 Å². The Hall–Kier alpha value is -3.97. The predicted octanol–water partition coefficient (Wildman–Crippen LogP) is 5.80. The number of nitrogens with zero attached hydrogens (tertiary/aromatic N) is 3. The van der Waals surface area contributed by atoms with Gasteiger partial charge in [0.1, 0.15) is 0 Å². The number of carbonyl (C=O) groups excluding carboxylic acids is 1. The molecule has 0 aliphatic carbocycles. The van der Waals surface area contributed by atoms with E-state index in [4.69, 9.17) is 12.2 Å². The third-order valence-electron chi connectivity index (χ3n) is 6.98. The maximum absolute atomic E-state index is 12.8. The Bertz CT molecular complexity index is 1420. The molecule has 2 aromatic heterocycles. The monoisotopic (exact) mass is 509 g/mol. The lowest BCUT2D eigenvalue weighted by Gasteiger charge is -2.28. The largest absolute Gasteiger partial charge is 0.352 e. The van der Waals surface area contributed by atoms with E-state index in [1.54, 1.807) is 0 Å². The lowest BCUT2D eigenvalue weighted by Crippen LogP contribution is -2.32. The van der Waals surface area contributed by atoms with Crippen LogP contribution in [0.25, 0.3) is 5.69 Å². The summed E-state index contributed by atoms with van der Waals surface area (Å²) < 4.78 is 2.31. The summed E-state index contributed by atoms with van der Waals surface area (Å²) in [5, 5.41) is 7.12. The number of amides is 1. The average Bonchev–Trinajstić information content (AvgIpc) is 3.38. The summed E-state index contributed by atoms with van der Waals surface area (Å²) in [6.07, 6.45) is 2.13. The molecule has 6 nitrogen and oxygen atoms in total. The van der Waals surface area contributed by atoms with E-state index in [-0.39, 0.29) is 18.0 Å². The number of carbonyl (C=O) groups is 1. The van der Waals surface area contributed by atoms with Crippen molar-refractivity contribution in [2.24, 2.45) is 0 Å². The number of aromatic nitrogens is 2. The topological polar surface area (TPSA) is 62.2 Å². The number of para-hydroxylation sites is 2. The van der Waals surface area contributed by atoms with Gasteiger partial charge < -0.3 is 20.1 Å². The molecule has 2 atom stereocenters. The summed E-state index contributed by atoms with van der Waals surface area (Å²) >= 11 is 5.82. The van der Waals surface area contributed by atoms with Gasteiger partial charge in [-0.1, -0.05) is 42.5 Å². The number of aryl methyl sites for hydroxylation is 2. The van der Waals surface area contributed by atoms with Crippen molar-refractivity contribution in [3.05, 3.63) is 113 Å². The molecule has 0 spiro atoms. The van der Waals surface area contributed by atoms with Gasteiger partial charge in [-0.15, -0.1) is 0 Å². The van der Waals surface area contributed by atoms with Crippen molar-refractivity contribution >= 4 is 28.9 Å². The van der Waals surface area contributed by atoms with Crippen LogP contribution >= 0.6 is 12.2 Å². The summed E-state index contributed by atoms with van der Waals surface area (Å²) in [5.74, 6) is -0.0422. The molecule has 188 valence electrons. The minimum absolute atomic E-state index is 0.0422. The van der Waals surface area contributed by atoms with E-state index in [0.29, 0.717) is 18.1 Å². The van der Waals surface area contributed by atoms with Crippen LogP contribution in [0.5, 0.6) is 0 Å². The van der Waals surface area contributed by atoms with Gasteiger partial charge in [0, 0.05) is 41.9 Å². The highest BCUT2D eigenvalue weighted by Crippen LogP contribution is 2.41. The number of pyridine rings is 1. The Morgan fingerprint density at radius 3 is 2.46 bits per heavy atom. The van der Waals surface area contributed by atoms with Crippen molar-refractivity contribution in [3.8, 4) is 5.69 Å². The number of nitrogens with one attached hydrogen (secondary N) is 2. The van der Waals surface area contributed by atoms with Crippen LogP contribution in [0.15, 0.2) is 85.1 Å². The van der Waals surface area contributed by atoms with Gasteiger partial charge in [-0.2, -0.15) is 0 Å². The van der Waals surface area contributed by atoms with E-state index in [1.807, 2.05) is 54.7 Å². The van der Waals surface area contributed by atoms with E-state index in [0.717, 1.165) is 22.8 Å². The first kappa shape index (κ1) is 24.7. The molecule has 37 heavy (non-hydrogen) atoms. The lowest BCUT2D eigenvalue weighted by molar-refractivity contribution is -0.116. The van der Waals surface area contributed by atoms with Crippen molar-refractivity contribution in [1.29, 1.82) is 0 Å². The first-order valence-corrected chi connectivity index (χ1v) is 12.9. The molecule has 2 aromatic carbocycles. The van der Waals surface area contributed by atoms with Crippen LogP contribution in [0, 0.1) is 20.8 Å². The molecule has 7 heteroatoms. The van der Waals surface area contributed by atoms with Gasteiger partial charge in [0.05, 0.1) is 17.8 Å². The van der Waals surface area contributed by atoms with Crippen molar-refractivity contribution in [2.45, 2.75) is 39.3 Å². The van der Waals surface area contributed by atoms with Crippen LogP contribution in [0.4, 0.5) is 5.69 Å². The van der Waals surface area contributed by atoms with Crippen LogP contribution in [0.3, 0.4) is 0 Å². The summed E-state index contributed by atoms with van der Waals surface area (Å²) in [5.41, 5.74) is 7.58. The molecular weight excluding hydrogens is 478 g/mol. The molecule has 0 unspecified atom stereocenters.